The Labute approximate surface area is 165 Å². The first-order valence-electron chi connectivity index (χ1n) is 9.35. The average Bonchev–Trinajstić information content (AvgIpc) is 2.64. The lowest BCUT2D eigenvalue weighted by Crippen LogP contribution is -2.46. The minimum absolute atomic E-state index is 0.585. The van der Waals surface area contributed by atoms with Crippen LogP contribution in [0.25, 0.3) is 0 Å². The van der Waals surface area contributed by atoms with Gasteiger partial charge in [-0.25, -0.2) is 0 Å². The van der Waals surface area contributed by atoms with Crippen LogP contribution in [0.1, 0.15) is 6.92 Å². The summed E-state index contributed by atoms with van der Waals surface area (Å²) in [5, 5.41) is 0.806. The lowest BCUT2D eigenvalue weighted by molar-refractivity contribution is 0.140. The van der Waals surface area contributed by atoms with Crippen LogP contribution in [0.15, 0.2) is 52.3 Å². The number of piperazine rings is 1. The maximum absolute atomic E-state index is 6.33. The van der Waals surface area contributed by atoms with E-state index in [1.54, 1.807) is 0 Å². The lowest BCUT2D eigenvalue weighted by Gasteiger charge is -2.37. The van der Waals surface area contributed by atoms with Gasteiger partial charge < -0.3 is 14.7 Å². The second-order valence-electron chi connectivity index (χ2n) is 7.50. The van der Waals surface area contributed by atoms with Gasteiger partial charge in [-0.15, -0.1) is 0 Å². The second-order valence-corrected chi connectivity index (χ2v) is 9.02. The standard InChI is InChI=1S/C21H26ClN3S/c1-16(14-24-11-9-23(2)10-12-24)15-25-18-5-3-4-6-20(18)26-21-8-7-17(22)13-19(21)25/h3-8,13,16H,9-12,14-15H2,1-2H3. The van der Waals surface area contributed by atoms with Gasteiger partial charge in [0, 0.05) is 54.1 Å². The molecule has 138 valence electrons. The Kier molecular flexibility index (Phi) is 5.46. The van der Waals surface area contributed by atoms with E-state index in [0.29, 0.717) is 5.92 Å². The number of hydrogen-bond donors (Lipinski definition) is 0. The number of halogens is 1. The Balaban J connectivity index is 1.54. The second kappa shape index (κ2) is 7.81. The van der Waals surface area contributed by atoms with Crippen LogP contribution in [0, 0.1) is 5.92 Å². The third-order valence-corrected chi connectivity index (χ3v) is 6.61. The van der Waals surface area contributed by atoms with Gasteiger partial charge in [0.15, 0.2) is 0 Å². The Morgan fingerprint density at radius 2 is 1.69 bits per heavy atom. The highest BCUT2D eigenvalue weighted by molar-refractivity contribution is 7.99. The smallest absolute Gasteiger partial charge is 0.0567 e. The van der Waals surface area contributed by atoms with Crippen LogP contribution in [-0.4, -0.2) is 56.1 Å². The number of para-hydroxylation sites is 1. The van der Waals surface area contributed by atoms with Crippen LogP contribution in [0.4, 0.5) is 11.4 Å². The molecule has 0 spiro atoms. The van der Waals surface area contributed by atoms with E-state index in [9.17, 15) is 0 Å². The molecule has 1 fully saturated rings. The predicted octanol–water partition coefficient (Wildman–Crippen LogP) is 4.83. The number of hydrogen-bond acceptors (Lipinski definition) is 4. The summed E-state index contributed by atoms with van der Waals surface area (Å²) in [6.45, 7) is 9.23. The van der Waals surface area contributed by atoms with Gasteiger partial charge in [0.1, 0.15) is 0 Å². The molecule has 0 amide bonds. The zero-order valence-corrected chi connectivity index (χ0v) is 17.1. The number of rotatable bonds is 4. The predicted molar refractivity (Wildman–Crippen MR) is 112 cm³/mol. The van der Waals surface area contributed by atoms with E-state index in [1.807, 2.05) is 17.8 Å². The summed E-state index contributed by atoms with van der Waals surface area (Å²) in [5.74, 6) is 0.585. The van der Waals surface area contributed by atoms with Crippen LogP contribution in [0.2, 0.25) is 5.02 Å². The van der Waals surface area contributed by atoms with Gasteiger partial charge in [0.2, 0.25) is 0 Å². The van der Waals surface area contributed by atoms with E-state index in [0.717, 1.165) is 18.1 Å². The number of likely N-dealkylation sites (N-methyl/N-ethyl adjacent to an activating group) is 1. The molecule has 1 atom stereocenters. The first-order valence-corrected chi connectivity index (χ1v) is 10.5. The zero-order valence-electron chi connectivity index (χ0n) is 15.5. The highest BCUT2D eigenvalue weighted by Gasteiger charge is 2.25. The molecule has 2 aromatic rings. The summed E-state index contributed by atoms with van der Waals surface area (Å²) in [6.07, 6.45) is 0. The fourth-order valence-corrected chi connectivity index (χ4v) is 5.08. The molecule has 0 radical (unpaired) electrons. The van der Waals surface area contributed by atoms with Crippen molar-refractivity contribution in [1.82, 2.24) is 9.80 Å². The van der Waals surface area contributed by atoms with Crippen molar-refractivity contribution < 1.29 is 0 Å². The van der Waals surface area contributed by atoms with Crippen molar-refractivity contribution >= 4 is 34.7 Å². The van der Waals surface area contributed by atoms with Crippen molar-refractivity contribution in [2.75, 3.05) is 51.2 Å². The van der Waals surface area contributed by atoms with E-state index in [-0.39, 0.29) is 0 Å². The van der Waals surface area contributed by atoms with Crippen molar-refractivity contribution in [1.29, 1.82) is 0 Å². The van der Waals surface area contributed by atoms with Crippen molar-refractivity contribution in [2.45, 2.75) is 16.7 Å². The highest BCUT2D eigenvalue weighted by Crippen LogP contribution is 2.48. The maximum atomic E-state index is 6.33. The minimum atomic E-state index is 0.585. The van der Waals surface area contributed by atoms with E-state index >= 15 is 0 Å². The molecule has 2 heterocycles. The molecule has 0 N–H and O–H groups in total. The summed E-state index contributed by atoms with van der Waals surface area (Å²) in [7, 11) is 2.21. The molecule has 3 nitrogen and oxygen atoms in total. The Bertz CT molecular complexity index is 774. The Hall–Kier alpha value is -1.20. The first-order chi connectivity index (χ1) is 12.6. The SMILES string of the molecule is CC(CN1CCN(C)CC1)CN1c2ccccc2Sc2ccc(Cl)cc21. The van der Waals surface area contributed by atoms with E-state index < -0.39 is 0 Å². The van der Waals surface area contributed by atoms with Crippen molar-refractivity contribution in [2.24, 2.45) is 5.92 Å². The molecule has 0 bridgehead atoms. The maximum Gasteiger partial charge on any atom is 0.0567 e. The summed E-state index contributed by atoms with van der Waals surface area (Å²) in [6, 6.07) is 15.0. The first kappa shape index (κ1) is 18.2. The quantitative estimate of drug-likeness (QED) is 0.743. The van der Waals surface area contributed by atoms with Gasteiger partial charge >= 0.3 is 0 Å². The summed E-state index contributed by atoms with van der Waals surface area (Å²) < 4.78 is 0. The third-order valence-electron chi connectivity index (χ3n) is 5.25. The van der Waals surface area contributed by atoms with E-state index in [1.165, 1.54) is 47.3 Å². The number of nitrogens with zero attached hydrogens (tertiary/aromatic N) is 3. The molecule has 0 saturated carbocycles. The van der Waals surface area contributed by atoms with Crippen LogP contribution >= 0.6 is 23.4 Å². The molecule has 1 saturated heterocycles. The topological polar surface area (TPSA) is 9.72 Å². The molecule has 1 unspecified atom stereocenters. The van der Waals surface area contributed by atoms with Gasteiger partial charge in [-0.1, -0.05) is 42.4 Å². The molecule has 0 aromatic heterocycles. The van der Waals surface area contributed by atoms with E-state index in [2.05, 4.69) is 65.1 Å². The third kappa shape index (κ3) is 3.89. The number of benzene rings is 2. The zero-order chi connectivity index (χ0) is 18.1. The highest BCUT2D eigenvalue weighted by atomic mass is 35.5. The van der Waals surface area contributed by atoms with Crippen LogP contribution in [-0.2, 0) is 0 Å². The van der Waals surface area contributed by atoms with Gasteiger partial charge in [-0.3, -0.25) is 0 Å². The fourth-order valence-electron chi connectivity index (χ4n) is 3.84. The van der Waals surface area contributed by atoms with E-state index in [4.69, 9.17) is 11.6 Å². The van der Waals surface area contributed by atoms with Crippen molar-refractivity contribution in [3.63, 3.8) is 0 Å². The summed E-state index contributed by atoms with van der Waals surface area (Å²) in [5.41, 5.74) is 2.55. The normalized spacial score (nSPS) is 19.1. The lowest BCUT2D eigenvalue weighted by atomic mass is 10.1. The number of anilines is 2. The van der Waals surface area contributed by atoms with Crippen molar-refractivity contribution in [3.05, 3.63) is 47.5 Å². The van der Waals surface area contributed by atoms with Crippen molar-refractivity contribution in [3.8, 4) is 0 Å². The molecule has 4 rings (SSSR count). The molecule has 2 aliphatic rings. The fraction of sp³-hybridized carbons (Fsp3) is 0.429. The minimum Gasteiger partial charge on any atom is -0.339 e. The summed E-state index contributed by atoms with van der Waals surface area (Å²) >= 11 is 8.17. The van der Waals surface area contributed by atoms with Crippen LogP contribution in [0.5, 0.6) is 0 Å². The molecular weight excluding hydrogens is 362 g/mol. The van der Waals surface area contributed by atoms with Gasteiger partial charge in [-0.05, 0) is 43.3 Å². The Morgan fingerprint density at radius 1 is 0.962 bits per heavy atom. The largest absolute Gasteiger partial charge is 0.339 e. The van der Waals surface area contributed by atoms with Gasteiger partial charge in [0.25, 0.3) is 0 Å². The monoisotopic (exact) mass is 387 g/mol. The van der Waals surface area contributed by atoms with Gasteiger partial charge in [-0.2, -0.15) is 0 Å². The van der Waals surface area contributed by atoms with Crippen LogP contribution < -0.4 is 4.90 Å². The molecule has 2 aromatic carbocycles. The molecule has 5 heteroatoms. The Morgan fingerprint density at radius 3 is 2.50 bits per heavy atom. The summed E-state index contributed by atoms with van der Waals surface area (Å²) in [4.78, 5) is 10.1. The van der Waals surface area contributed by atoms with Crippen LogP contribution in [0.3, 0.4) is 0 Å². The average molecular weight is 388 g/mol. The molecule has 0 aliphatic carbocycles. The molecule has 2 aliphatic heterocycles. The molecule has 26 heavy (non-hydrogen) atoms. The molecular formula is C21H26ClN3S. The number of fused-ring (bicyclic) bond motifs is 2. The van der Waals surface area contributed by atoms with Gasteiger partial charge in [0.05, 0.1) is 11.4 Å².